The number of benzene rings is 2. The van der Waals surface area contributed by atoms with Gasteiger partial charge in [-0.15, -0.1) is 0 Å². The summed E-state index contributed by atoms with van der Waals surface area (Å²) in [5.41, 5.74) is 2.35. The Morgan fingerprint density at radius 2 is 0.873 bits per heavy atom. The Morgan fingerprint density at radius 3 is 1.18 bits per heavy atom. The summed E-state index contributed by atoms with van der Waals surface area (Å²) in [6.45, 7) is 11.4. The Hall–Kier alpha value is -3.36. The van der Waals surface area contributed by atoms with Gasteiger partial charge in [-0.1, -0.05) is 166 Å². The molecular weight excluding hydrogens is 1060 g/mol. The summed E-state index contributed by atoms with van der Waals surface area (Å²) in [4.78, 5) is 78.3. The number of carboxylic acid groups (broad SMARTS) is 2. The van der Waals surface area contributed by atoms with Crippen LogP contribution in [0.4, 0.5) is 0 Å². The molecule has 2 aliphatic heterocycles. The van der Waals surface area contributed by atoms with Gasteiger partial charge in [-0.2, -0.15) is 0 Å². The van der Waals surface area contributed by atoms with Crippen LogP contribution in [0.3, 0.4) is 0 Å². The molecule has 79 heavy (non-hydrogen) atoms. The van der Waals surface area contributed by atoms with Crippen molar-refractivity contribution in [1.29, 1.82) is 0 Å². The van der Waals surface area contributed by atoms with Crippen LogP contribution in [0.5, 0.6) is 0 Å². The number of ether oxygens (including phenoxy) is 2. The van der Waals surface area contributed by atoms with E-state index in [1.165, 1.54) is 33.8 Å². The molecule has 4 fully saturated rings. The monoisotopic (exact) mass is 1150 g/mol. The average molecular weight is 1150 g/mol. The first-order chi connectivity index (χ1) is 37.2. The molecule has 8 atom stereocenters. The molecule has 0 bridgehead atoms. The number of aliphatic carboxylic acids is 2. The Morgan fingerprint density at radius 1 is 0.532 bits per heavy atom. The Kier molecular flexibility index (Phi) is 29.6. The number of unbranched alkanes of at least 4 members (excludes halogenated alkanes) is 2. The molecule has 2 aromatic carbocycles. The first kappa shape index (κ1) is 68.1. The normalized spacial score (nSPS) is 22.1. The standard InChI is InChI=1S/2C30H46NO7P.Na.H/c2*1-4-28(33)37-30(22(2)3)38-39(36,18-12-11-15-23-13-7-5-8-14-23)21-27(32)31-20-25(19-26(31)29(34)35)24-16-9-6-10-17-24;;/h2*5,7-8,13-14,22,24-26,30H,4,6,9-12,15-21H2,1-3H3,(H,34,35);;/t2*25-,26+,30?,39-;;/m11../s1. The minimum absolute atomic E-state index is 0. The summed E-state index contributed by atoms with van der Waals surface area (Å²) < 4.78 is 51.4. The van der Waals surface area contributed by atoms with Crippen LogP contribution in [-0.4, -0.2) is 148 Å². The van der Waals surface area contributed by atoms with E-state index in [0.29, 0.717) is 50.6 Å². The van der Waals surface area contributed by atoms with Crippen LogP contribution in [0.15, 0.2) is 60.7 Å². The van der Waals surface area contributed by atoms with Crippen LogP contribution < -0.4 is 0 Å². The van der Waals surface area contributed by atoms with E-state index in [-0.39, 0.29) is 90.7 Å². The van der Waals surface area contributed by atoms with Crippen molar-refractivity contribution in [2.24, 2.45) is 35.5 Å². The topological polar surface area (TPSA) is 220 Å². The SMILES string of the molecule is CCC(=O)OC(O[P@](=O)(CCCCc1ccccc1)CC(=O)N1C[C@H](C2CCCCC2)C[C@H]1C(=O)O)C(C)C.CCC(=O)OC(O[P@](=O)(CCCCc1ccccc1)CC(=O)N1C[C@H](C2CCCCC2)C[C@H]1C(=O)O)C(C)C.[NaH]. The summed E-state index contributed by atoms with van der Waals surface area (Å²) in [5, 5.41) is 19.8. The zero-order chi connectivity index (χ0) is 56.8. The fourth-order valence-electron chi connectivity index (χ4n) is 11.6. The minimum atomic E-state index is -3.60. The fourth-order valence-corrected chi connectivity index (χ4v) is 16.2. The molecule has 2 saturated heterocycles. The third kappa shape index (κ3) is 22.4. The van der Waals surface area contributed by atoms with Crippen LogP contribution in [0.2, 0.25) is 0 Å². The second-order valence-electron chi connectivity index (χ2n) is 23.0. The molecule has 16 nitrogen and oxygen atoms in total. The van der Waals surface area contributed by atoms with Crippen LogP contribution in [-0.2, 0) is 69.3 Å². The predicted octanol–water partition coefficient (Wildman–Crippen LogP) is 11.6. The first-order valence-corrected chi connectivity index (χ1v) is 33.3. The quantitative estimate of drug-likeness (QED) is 0.0266. The molecule has 438 valence electrons. The number of aryl methyl sites for hydroxylation is 2. The number of hydrogen-bond donors (Lipinski definition) is 2. The number of likely N-dealkylation sites (tertiary alicyclic amines) is 2. The number of carboxylic acids is 2. The van der Waals surface area contributed by atoms with Gasteiger partial charge in [0.25, 0.3) is 0 Å². The van der Waals surface area contributed by atoms with Crippen molar-refractivity contribution in [3.05, 3.63) is 71.8 Å². The number of amides is 2. The summed E-state index contributed by atoms with van der Waals surface area (Å²) in [6.07, 6.45) is 14.2. The van der Waals surface area contributed by atoms with E-state index in [9.17, 15) is 48.1 Å². The van der Waals surface area contributed by atoms with Crippen LogP contribution in [0, 0.1) is 35.5 Å². The zero-order valence-electron chi connectivity index (χ0n) is 47.5. The van der Waals surface area contributed by atoms with Crippen molar-refractivity contribution in [3.63, 3.8) is 0 Å². The molecule has 4 aliphatic rings. The third-order valence-corrected chi connectivity index (χ3v) is 20.8. The number of rotatable bonds is 28. The third-order valence-electron chi connectivity index (χ3n) is 16.1. The maximum absolute atomic E-state index is 14.2. The van der Waals surface area contributed by atoms with Gasteiger partial charge in [0.1, 0.15) is 24.4 Å². The van der Waals surface area contributed by atoms with Crippen molar-refractivity contribution >= 4 is 80.0 Å². The number of carbonyl (C=O) groups is 6. The van der Waals surface area contributed by atoms with Gasteiger partial charge in [0.05, 0.1) is 0 Å². The Bertz CT molecular complexity index is 2150. The van der Waals surface area contributed by atoms with E-state index in [2.05, 4.69) is 0 Å². The second-order valence-corrected chi connectivity index (χ2v) is 28.2. The van der Waals surface area contributed by atoms with Gasteiger partial charge >= 0.3 is 53.4 Å². The van der Waals surface area contributed by atoms with Crippen molar-refractivity contribution in [1.82, 2.24) is 9.80 Å². The molecule has 2 N–H and O–H groups in total. The molecule has 2 aromatic rings. The summed E-state index contributed by atoms with van der Waals surface area (Å²) in [7, 11) is -7.19. The predicted molar refractivity (Wildman–Crippen MR) is 308 cm³/mol. The van der Waals surface area contributed by atoms with Crippen LogP contribution in [0.1, 0.15) is 168 Å². The number of carbonyl (C=O) groups excluding carboxylic acids is 4. The first-order valence-electron chi connectivity index (χ1n) is 29.3. The van der Waals surface area contributed by atoms with Crippen molar-refractivity contribution in [2.75, 3.05) is 37.7 Å². The molecule has 2 amide bonds. The van der Waals surface area contributed by atoms with Gasteiger partial charge in [0.2, 0.25) is 39.1 Å². The van der Waals surface area contributed by atoms with E-state index < -0.39 is 75.1 Å². The van der Waals surface area contributed by atoms with Crippen molar-refractivity contribution in [2.45, 2.75) is 195 Å². The Balaban J connectivity index is 0.000000336. The summed E-state index contributed by atoms with van der Waals surface area (Å²) in [6, 6.07) is 18.2. The van der Waals surface area contributed by atoms with Gasteiger partial charge in [0.15, 0.2) is 0 Å². The molecule has 2 saturated carbocycles. The molecule has 19 heteroatoms. The average Bonchev–Trinajstić information content (AvgIpc) is 4.14. The molecular formula is C60H93N2NaO14P2. The number of hydrogen-bond acceptors (Lipinski definition) is 12. The molecule has 0 aromatic heterocycles. The molecule has 2 unspecified atom stereocenters. The number of nitrogens with zero attached hydrogens (tertiary/aromatic N) is 2. The van der Waals surface area contributed by atoms with E-state index in [1.54, 1.807) is 13.8 Å². The fraction of sp³-hybridized carbons (Fsp3) is 0.700. The zero-order valence-corrected chi connectivity index (χ0v) is 49.3. The van der Waals surface area contributed by atoms with Gasteiger partial charge in [-0.25, -0.2) is 9.59 Å². The Labute approximate surface area is 493 Å². The van der Waals surface area contributed by atoms with Gasteiger partial charge in [-0.05, 0) is 86.2 Å². The van der Waals surface area contributed by atoms with E-state index in [0.717, 1.165) is 77.0 Å². The molecule has 0 radical (unpaired) electrons. The number of esters is 2. The van der Waals surface area contributed by atoms with E-state index in [1.807, 2.05) is 88.4 Å². The molecule has 6 rings (SSSR count). The summed E-state index contributed by atoms with van der Waals surface area (Å²) in [5.74, 6) is -3.22. The van der Waals surface area contributed by atoms with Crippen molar-refractivity contribution < 1.29 is 66.6 Å². The van der Waals surface area contributed by atoms with Gasteiger partial charge in [0, 0.05) is 50.1 Å². The van der Waals surface area contributed by atoms with E-state index >= 15 is 0 Å². The van der Waals surface area contributed by atoms with Crippen LogP contribution >= 0.6 is 14.7 Å². The maximum atomic E-state index is 14.2. The second kappa shape index (κ2) is 34.3. The molecule has 2 heterocycles. The summed E-state index contributed by atoms with van der Waals surface area (Å²) >= 11 is 0. The molecule has 0 spiro atoms. The van der Waals surface area contributed by atoms with Crippen molar-refractivity contribution in [3.8, 4) is 0 Å². The van der Waals surface area contributed by atoms with E-state index in [4.69, 9.17) is 18.5 Å². The molecule has 2 aliphatic carbocycles. The van der Waals surface area contributed by atoms with Crippen LogP contribution in [0.25, 0.3) is 0 Å². The van der Waals surface area contributed by atoms with Gasteiger partial charge in [-0.3, -0.25) is 37.4 Å². The van der Waals surface area contributed by atoms with Gasteiger partial charge < -0.3 is 29.5 Å².